The van der Waals surface area contributed by atoms with Crippen molar-refractivity contribution in [1.29, 1.82) is 5.41 Å². The van der Waals surface area contributed by atoms with Crippen LogP contribution in [0.25, 0.3) is 0 Å². The van der Waals surface area contributed by atoms with Gasteiger partial charge in [-0.1, -0.05) is 6.07 Å². The van der Waals surface area contributed by atoms with Crippen LogP contribution in [0.1, 0.15) is 30.9 Å². The maximum absolute atomic E-state index is 7.63. The predicted octanol–water partition coefficient (Wildman–Crippen LogP) is 2.27. The Bertz CT molecular complexity index is 408. The van der Waals surface area contributed by atoms with Crippen molar-refractivity contribution in [3.63, 3.8) is 0 Å². The highest BCUT2D eigenvalue weighted by Gasteiger charge is 2.29. The molecule has 0 aliphatic heterocycles. The van der Waals surface area contributed by atoms with E-state index in [0.717, 1.165) is 17.8 Å². The quantitative estimate of drug-likeness (QED) is 0.600. The van der Waals surface area contributed by atoms with Crippen LogP contribution in [0.2, 0.25) is 0 Å². The molecule has 86 valence electrons. The van der Waals surface area contributed by atoms with Gasteiger partial charge >= 0.3 is 0 Å². The van der Waals surface area contributed by atoms with Crippen molar-refractivity contribution in [2.45, 2.75) is 32.7 Å². The van der Waals surface area contributed by atoms with Gasteiger partial charge in [0.1, 0.15) is 5.84 Å². The Morgan fingerprint density at radius 3 is 2.69 bits per heavy atom. The van der Waals surface area contributed by atoms with Gasteiger partial charge < -0.3 is 10.6 Å². The van der Waals surface area contributed by atoms with E-state index in [1.165, 1.54) is 18.4 Å². The number of aryl methyl sites for hydroxylation is 1. The van der Waals surface area contributed by atoms with Gasteiger partial charge in [0.2, 0.25) is 0 Å². The van der Waals surface area contributed by atoms with Gasteiger partial charge in [-0.15, -0.1) is 0 Å². The van der Waals surface area contributed by atoms with Gasteiger partial charge in [-0.25, -0.2) is 0 Å². The third kappa shape index (κ3) is 2.03. The number of anilines is 1. The molecule has 16 heavy (non-hydrogen) atoms. The van der Waals surface area contributed by atoms with E-state index in [-0.39, 0.29) is 5.84 Å². The van der Waals surface area contributed by atoms with E-state index in [1.54, 1.807) is 0 Å². The van der Waals surface area contributed by atoms with E-state index in [4.69, 9.17) is 11.1 Å². The van der Waals surface area contributed by atoms with Crippen molar-refractivity contribution in [3.05, 3.63) is 29.3 Å². The predicted molar refractivity (Wildman–Crippen MR) is 68.2 cm³/mol. The van der Waals surface area contributed by atoms with Gasteiger partial charge in [0.25, 0.3) is 0 Å². The topological polar surface area (TPSA) is 53.1 Å². The Morgan fingerprint density at radius 2 is 2.19 bits per heavy atom. The summed E-state index contributed by atoms with van der Waals surface area (Å²) >= 11 is 0. The van der Waals surface area contributed by atoms with Crippen LogP contribution in [0.3, 0.4) is 0 Å². The minimum Gasteiger partial charge on any atom is -0.384 e. The maximum atomic E-state index is 7.63. The van der Waals surface area contributed by atoms with E-state index >= 15 is 0 Å². The monoisotopic (exact) mass is 217 g/mol. The molecule has 1 fully saturated rings. The molecule has 0 spiro atoms. The zero-order valence-electron chi connectivity index (χ0n) is 9.96. The standard InChI is InChI=1S/C13H19N3/c1-3-16(10-5-6-10)12-8-9(2)4-7-11(12)13(14)15/h4,7-8,10H,3,5-6H2,1-2H3,(H3,14,15). The number of nitrogens with zero attached hydrogens (tertiary/aromatic N) is 1. The number of amidine groups is 1. The molecule has 1 aromatic carbocycles. The second kappa shape index (κ2) is 4.16. The summed E-state index contributed by atoms with van der Waals surface area (Å²) in [6, 6.07) is 6.77. The molecule has 0 atom stereocenters. The van der Waals surface area contributed by atoms with Crippen LogP contribution < -0.4 is 10.6 Å². The first kappa shape index (κ1) is 11.0. The third-order valence-corrected chi connectivity index (χ3v) is 3.08. The van der Waals surface area contributed by atoms with Gasteiger partial charge in [-0.05, 0) is 44.4 Å². The molecule has 0 heterocycles. The highest BCUT2D eigenvalue weighted by atomic mass is 15.2. The molecule has 0 aromatic heterocycles. The second-order valence-corrected chi connectivity index (χ2v) is 4.45. The molecule has 0 saturated heterocycles. The minimum absolute atomic E-state index is 0.161. The number of nitrogens with two attached hydrogens (primary N) is 1. The molecule has 3 nitrogen and oxygen atoms in total. The van der Waals surface area contributed by atoms with Crippen LogP contribution in [-0.4, -0.2) is 18.4 Å². The van der Waals surface area contributed by atoms with Crippen LogP contribution in [0.5, 0.6) is 0 Å². The molecule has 0 unspecified atom stereocenters. The largest absolute Gasteiger partial charge is 0.384 e. The number of rotatable bonds is 4. The Morgan fingerprint density at radius 1 is 1.50 bits per heavy atom. The van der Waals surface area contributed by atoms with Crippen LogP contribution >= 0.6 is 0 Å². The Hall–Kier alpha value is -1.51. The third-order valence-electron chi connectivity index (χ3n) is 3.08. The lowest BCUT2D eigenvalue weighted by Gasteiger charge is -2.25. The molecule has 0 amide bonds. The average molecular weight is 217 g/mol. The zero-order valence-corrected chi connectivity index (χ0v) is 9.96. The molecule has 1 aliphatic rings. The summed E-state index contributed by atoms with van der Waals surface area (Å²) in [7, 11) is 0. The van der Waals surface area contributed by atoms with Gasteiger partial charge in [0.05, 0.1) is 0 Å². The molecule has 3 N–H and O–H groups in total. The molecule has 0 bridgehead atoms. The van der Waals surface area contributed by atoms with Gasteiger partial charge in [0, 0.05) is 23.8 Å². The summed E-state index contributed by atoms with van der Waals surface area (Å²) in [6.07, 6.45) is 2.53. The number of nitrogens with one attached hydrogen (secondary N) is 1. The summed E-state index contributed by atoms with van der Waals surface area (Å²) < 4.78 is 0. The van der Waals surface area contributed by atoms with E-state index < -0.39 is 0 Å². The molecule has 3 heteroatoms. The van der Waals surface area contributed by atoms with Crippen molar-refractivity contribution in [2.75, 3.05) is 11.4 Å². The Labute approximate surface area is 96.8 Å². The van der Waals surface area contributed by atoms with Crippen molar-refractivity contribution in [1.82, 2.24) is 0 Å². The second-order valence-electron chi connectivity index (χ2n) is 4.45. The molecular formula is C13H19N3. The fourth-order valence-electron chi connectivity index (χ4n) is 2.12. The van der Waals surface area contributed by atoms with Crippen molar-refractivity contribution in [3.8, 4) is 0 Å². The van der Waals surface area contributed by atoms with Crippen LogP contribution in [0.15, 0.2) is 18.2 Å². The minimum atomic E-state index is 0.161. The zero-order chi connectivity index (χ0) is 11.7. The number of benzene rings is 1. The SMILES string of the molecule is CCN(c1cc(C)ccc1C(=N)N)C1CC1. The fraction of sp³-hybridized carbons (Fsp3) is 0.462. The first-order valence-corrected chi connectivity index (χ1v) is 5.85. The molecule has 2 rings (SSSR count). The summed E-state index contributed by atoms with van der Waals surface area (Å²) in [6.45, 7) is 5.22. The lowest BCUT2D eigenvalue weighted by molar-refractivity contribution is 0.824. The summed E-state index contributed by atoms with van der Waals surface area (Å²) in [5.41, 5.74) is 8.84. The molecule has 0 radical (unpaired) electrons. The fourth-order valence-corrected chi connectivity index (χ4v) is 2.12. The molecule has 1 saturated carbocycles. The van der Waals surface area contributed by atoms with E-state index in [1.807, 2.05) is 12.1 Å². The summed E-state index contributed by atoms with van der Waals surface area (Å²) in [4.78, 5) is 2.36. The molecule has 1 aromatic rings. The van der Waals surface area contributed by atoms with E-state index in [9.17, 15) is 0 Å². The first-order valence-electron chi connectivity index (χ1n) is 5.85. The van der Waals surface area contributed by atoms with E-state index in [2.05, 4.69) is 24.8 Å². The van der Waals surface area contributed by atoms with Crippen molar-refractivity contribution < 1.29 is 0 Å². The van der Waals surface area contributed by atoms with Crippen molar-refractivity contribution >= 4 is 11.5 Å². The molecule has 1 aliphatic carbocycles. The number of hydrogen-bond acceptors (Lipinski definition) is 2. The van der Waals surface area contributed by atoms with Crippen LogP contribution in [0, 0.1) is 12.3 Å². The summed E-state index contributed by atoms with van der Waals surface area (Å²) in [5, 5.41) is 7.63. The highest BCUT2D eigenvalue weighted by molar-refractivity contribution is 6.00. The smallest absolute Gasteiger partial charge is 0.124 e. The van der Waals surface area contributed by atoms with Gasteiger partial charge in [-0.3, -0.25) is 5.41 Å². The number of hydrogen-bond donors (Lipinski definition) is 2. The lowest BCUT2D eigenvalue weighted by Crippen LogP contribution is -2.28. The maximum Gasteiger partial charge on any atom is 0.124 e. The lowest BCUT2D eigenvalue weighted by atomic mass is 10.1. The summed E-state index contributed by atoms with van der Waals surface area (Å²) in [5.74, 6) is 0.161. The highest BCUT2D eigenvalue weighted by Crippen LogP contribution is 2.33. The van der Waals surface area contributed by atoms with Crippen LogP contribution in [-0.2, 0) is 0 Å². The van der Waals surface area contributed by atoms with Crippen molar-refractivity contribution in [2.24, 2.45) is 5.73 Å². The van der Waals surface area contributed by atoms with Gasteiger partial charge in [-0.2, -0.15) is 0 Å². The Balaban J connectivity index is 2.42. The number of nitrogen functional groups attached to an aromatic ring is 1. The first-order chi connectivity index (χ1) is 7.63. The average Bonchev–Trinajstić information content (AvgIpc) is 3.03. The van der Waals surface area contributed by atoms with Gasteiger partial charge in [0.15, 0.2) is 0 Å². The van der Waals surface area contributed by atoms with Crippen LogP contribution in [0.4, 0.5) is 5.69 Å². The molecular weight excluding hydrogens is 198 g/mol. The Kier molecular flexibility index (Phi) is 2.86. The normalized spacial score (nSPS) is 14.9. The van der Waals surface area contributed by atoms with E-state index in [0.29, 0.717) is 6.04 Å².